The molecule has 1 aliphatic heterocycles. The highest BCUT2D eigenvalue weighted by Gasteiger charge is 2.27. The lowest BCUT2D eigenvalue weighted by Crippen LogP contribution is -2.35. The van der Waals surface area contributed by atoms with Crippen LogP contribution in [0.15, 0.2) is 27.4 Å². The van der Waals surface area contributed by atoms with E-state index < -0.39 is 10.0 Å². The molecule has 0 saturated carbocycles. The van der Waals surface area contributed by atoms with E-state index in [-0.39, 0.29) is 17.2 Å². The van der Waals surface area contributed by atoms with Gasteiger partial charge >= 0.3 is 0 Å². The number of rotatable bonds is 8. The maximum atomic E-state index is 13.0. The summed E-state index contributed by atoms with van der Waals surface area (Å²) in [4.78, 5) is 18.2. The van der Waals surface area contributed by atoms with Gasteiger partial charge in [0.05, 0.1) is 29.3 Å². The third-order valence-corrected chi connectivity index (χ3v) is 8.88. The largest absolute Gasteiger partial charge is 0.492 e. The van der Waals surface area contributed by atoms with Crippen molar-refractivity contribution >= 4 is 44.7 Å². The second-order valence-corrected chi connectivity index (χ2v) is 11.0. The number of piperidine rings is 1. The molecule has 2 aromatic rings. The van der Waals surface area contributed by atoms with Gasteiger partial charge in [0.2, 0.25) is 15.9 Å². The number of hydrogen-bond donors (Lipinski definition) is 1. The number of carbonyl (C=O) groups excluding carboxylic acids is 1. The van der Waals surface area contributed by atoms with Crippen LogP contribution >= 0.6 is 23.1 Å². The fourth-order valence-electron chi connectivity index (χ4n) is 3.30. The minimum atomic E-state index is -3.60. The summed E-state index contributed by atoms with van der Waals surface area (Å²) < 4.78 is 34.1. The highest BCUT2D eigenvalue weighted by molar-refractivity contribution is 8.00. The number of thioether (sulfide) groups is 1. The molecule has 1 amide bonds. The molecule has 7 nitrogen and oxygen atoms in total. The topological polar surface area (TPSA) is 88.6 Å². The van der Waals surface area contributed by atoms with E-state index in [9.17, 15) is 13.2 Å². The second kappa shape index (κ2) is 10.1. The van der Waals surface area contributed by atoms with Gasteiger partial charge in [-0.05, 0) is 51.1 Å². The fourth-order valence-corrected chi connectivity index (χ4v) is 6.49. The lowest BCUT2D eigenvalue weighted by molar-refractivity contribution is -0.115. The summed E-state index contributed by atoms with van der Waals surface area (Å²) >= 11 is 3.04. The Morgan fingerprint density at radius 2 is 2.03 bits per heavy atom. The van der Waals surface area contributed by atoms with Crippen LogP contribution in [0.5, 0.6) is 5.75 Å². The zero-order valence-corrected chi connectivity index (χ0v) is 19.9. The van der Waals surface area contributed by atoms with E-state index in [1.54, 1.807) is 23.9 Å². The van der Waals surface area contributed by atoms with E-state index in [1.807, 2.05) is 20.1 Å². The van der Waals surface area contributed by atoms with Gasteiger partial charge in [0, 0.05) is 18.0 Å². The van der Waals surface area contributed by atoms with Gasteiger partial charge in [-0.25, -0.2) is 13.4 Å². The molecule has 1 aromatic heterocycles. The highest BCUT2D eigenvalue weighted by Crippen LogP contribution is 2.31. The van der Waals surface area contributed by atoms with Gasteiger partial charge in [-0.3, -0.25) is 4.79 Å². The van der Waals surface area contributed by atoms with Gasteiger partial charge in [0.25, 0.3) is 0 Å². The maximum absolute atomic E-state index is 13.0. The van der Waals surface area contributed by atoms with Crippen molar-refractivity contribution < 1.29 is 17.9 Å². The fraction of sp³-hybridized carbons (Fsp3) is 0.500. The Balaban J connectivity index is 1.83. The number of amides is 1. The zero-order chi connectivity index (χ0) is 21.7. The summed E-state index contributed by atoms with van der Waals surface area (Å²) in [5.41, 5.74) is 1.21. The molecule has 3 rings (SSSR count). The Labute approximate surface area is 186 Å². The molecule has 1 aromatic carbocycles. The zero-order valence-electron chi connectivity index (χ0n) is 17.4. The first-order chi connectivity index (χ1) is 14.3. The van der Waals surface area contributed by atoms with Crippen molar-refractivity contribution in [3.63, 3.8) is 0 Å². The quantitative estimate of drug-likeness (QED) is 0.590. The smallest absolute Gasteiger partial charge is 0.243 e. The Kier molecular flexibility index (Phi) is 7.78. The molecule has 1 fully saturated rings. The van der Waals surface area contributed by atoms with Gasteiger partial charge in [-0.1, -0.05) is 18.2 Å². The predicted octanol–water partition coefficient (Wildman–Crippen LogP) is 3.93. The van der Waals surface area contributed by atoms with Gasteiger partial charge < -0.3 is 10.1 Å². The molecule has 0 atom stereocenters. The average Bonchev–Trinajstić information content (AvgIpc) is 3.09. The summed E-state index contributed by atoms with van der Waals surface area (Å²) in [6, 6.07) is 4.65. The molecule has 0 bridgehead atoms. The second-order valence-electron chi connectivity index (χ2n) is 6.97. The molecule has 10 heteroatoms. The average molecular weight is 470 g/mol. The molecule has 0 unspecified atom stereocenters. The molecule has 1 N–H and O–H groups in total. The van der Waals surface area contributed by atoms with Crippen LogP contribution in [0.1, 0.15) is 36.8 Å². The molecular formula is C20H27N3O4S3. The van der Waals surface area contributed by atoms with E-state index in [2.05, 4.69) is 10.3 Å². The normalized spacial score (nSPS) is 15.2. The number of hydrogen-bond acceptors (Lipinski definition) is 7. The number of aromatic nitrogens is 1. The van der Waals surface area contributed by atoms with Crippen molar-refractivity contribution in [1.82, 2.24) is 9.29 Å². The van der Waals surface area contributed by atoms with E-state index >= 15 is 0 Å². The molecule has 2 heterocycles. The van der Waals surface area contributed by atoms with Crippen LogP contribution in [0.3, 0.4) is 0 Å². The third kappa shape index (κ3) is 5.35. The lowest BCUT2D eigenvalue weighted by atomic mass is 10.2. The van der Waals surface area contributed by atoms with Crippen molar-refractivity contribution in [2.24, 2.45) is 0 Å². The highest BCUT2D eigenvalue weighted by atomic mass is 32.2. The molecule has 164 valence electrons. The monoisotopic (exact) mass is 469 g/mol. The Morgan fingerprint density at radius 1 is 1.30 bits per heavy atom. The number of carbonyl (C=O) groups is 1. The summed E-state index contributed by atoms with van der Waals surface area (Å²) in [5.74, 6) is 0.220. The number of nitrogens with zero attached hydrogens (tertiary/aromatic N) is 2. The van der Waals surface area contributed by atoms with Gasteiger partial charge in [-0.15, -0.1) is 11.3 Å². The van der Waals surface area contributed by atoms with E-state index in [0.29, 0.717) is 31.1 Å². The minimum Gasteiger partial charge on any atom is -0.492 e. The van der Waals surface area contributed by atoms with Crippen LogP contribution in [0, 0.1) is 6.92 Å². The van der Waals surface area contributed by atoms with Crippen LogP contribution in [0.4, 0.5) is 5.69 Å². The number of aryl methyl sites for hydroxylation is 1. The molecule has 0 radical (unpaired) electrons. The first-order valence-electron chi connectivity index (χ1n) is 9.92. The van der Waals surface area contributed by atoms with E-state index in [1.165, 1.54) is 21.7 Å². The summed E-state index contributed by atoms with van der Waals surface area (Å²) in [6.07, 6.45) is 4.91. The molecule has 30 heavy (non-hydrogen) atoms. The van der Waals surface area contributed by atoms with Crippen LogP contribution < -0.4 is 10.1 Å². The molecule has 1 aliphatic rings. The van der Waals surface area contributed by atoms with Crippen molar-refractivity contribution in [3.8, 4) is 5.75 Å². The Morgan fingerprint density at radius 3 is 2.67 bits per heavy atom. The first-order valence-corrected chi connectivity index (χ1v) is 13.4. The number of sulfonamides is 1. The predicted molar refractivity (Wildman–Crippen MR) is 121 cm³/mol. The molecule has 0 spiro atoms. The molecule has 0 aliphatic carbocycles. The van der Waals surface area contributed by atoms with Crippen LogP contribution in [0.25, 0.3) is 0 Å². The standard InChI is InChI=1S/C20H27N3O4S3/c1-4-27-17-9-8-15(30(25,26)23-10-6-5-7-11-23)12-16(17)22-19(24)13-18-14(2)21-20(28-3)29-18/h8-9,12H,4-7,10-11,13H2,1-3H3,(H,22,24). The number of anilines is 1. The summed E-state index contributed by atoms with van der Waals surface area (Å²) in [5, 5.41) is 2.84. The van der Waals surface area contributed by atoms with Gasteiger partial charge in [-0.2, -0.15) is 4.31 Å². The SMILES string of the molecule is CCOc1ccc(S(=O)(=O)N2CCCCC2)cc1NC(=O)Cc1sc(SC)nc1C. The van der Waals surface area contributed by atoms with Crippen molar-refractivity contribution in [2.75, 3.05) is 31.3 Å². The Hall–Kier alpha value is -1.62. The maximum Gasteiger partial charge on any atom is 0.243 e. The van der Waals surface area contributed by atoms with Gasteiger partial charge in [0.15, 0.2) is 0 Å². The minimum absolute atomic E-state index is 0.168. The number of thiazole rings is 1. The van der Waals surface area contributed by atoms with Gasteiger partial charge in [0.1, 0.15) is 10.1 Å². The van der Waals surface area contributed by atoms with Crippen LogP contribution in [-0.2, 0) is 21.2 Å². The Bertz CT molecular complexity index is 999. The van der Waals surface area contributed by atoms with Crippen LogP contribution in [-0.4, -0.2) is 49.6 Å². The summed E-state index contributed by atoms with van der Waals surface area (Å²) in [7, 11) is -3.60. The van der Waals surface area contributed by atoms with Crippen LogP contribution in [0.2, 0.25) is 0 Å². The van der Waals surface area contributed by atoms with Crippen molar-refractivity contribution in [3.05, 3.63) is 28.8 Å². The third-order valence-electron chi connectivity index (χ3n) is 4.85. The first kappa shape index (κ1) is 23.1. The summed E-state index contributed by atoms with van der Waals surface area (Å²) in [6.45, 7) is 5.19. The number of ether oxygens (including phenoxy) is 1. The number of benzene rings is 1. The number of nitrogens with one attached hydrogen (secondary N) is 1. The lowest BCUT2D eigenvalue weighted by Gasteiger charge is -2.26. The molecular weight excluding hydrogens is 442 g/mol. The van der Waals surface area contributed by atoms with Crippen molar-refractivity contribution in [1.29, 1.82) is 0 Å². The van der Waals surface area contributed by atoms with E-state index in [4.69, 9.17) is 4.74 Å². The molecule has 1 saturated heterocycles. The van der Waals surface area contributed by atoms with E-state index in [0.717, 1.165) is 34.2 Å². The van der Waals surface area contributed by atoms with Crippen molar-refractivity contribution in [2.45, 2.75) is 48.8 Å².